The molecule has 27 heavy (non-hydrogen) atoms. The minimum Gasteiger partial charge on any atom is -0.207 e. The first-order valence-corrected chi connectivity index (χ1v) is 7.80. The second-order valence-electron chi connectivity index (χ2n) is 5.99. The van der Waals surface area contributed by atoms with Gasteiger partial charge in [0.15, 0.2) is 23.3 Å². The molecule has 140 valence electrons. The highest BCUT2D eigenvalue weighted by atomic mass is 19.2. The van der Waals surface area contributed by atoms with Gasteiger partial charge in [0.2, 0.25) is 0 Å². The third kappa shape index (κ3) is 4.22. The summed E-state index contributed by atoms with van der Waals surface area (Å²) in [6.45, 7) is 0. The number of nitrogens with zero attached hydrogens (tertiary/aromatic N) is 2. The molecule has 2 aromatic carbocycles. The van der Waals surface area contributed by atoms with Gasteiger partial charge in [-0.3, -0.25) is 0 Å². The molecule has 0 N–H and O–H groups in total. The SMILES string of the molecule is N#CC1(c2cc(F)c(F)cc2F)CCC1.N#CCc1cc(F)c(F)cc1F. The van der Waals surface area contributed by atoms with E-state index in [1.54, 1.807) is 6.07 Å². The lowest BCUT2D eigenvalue weighted by Crippen LogP contribution is -2.33. The molecule has 1 aliphatic rings. The fourth-order valence-electron chi connectivity index (χ4n) is 2.65. The maximum absolute atomic E-state index is 13.4. The van der Waals surface area contributed by atoms with Crippen LogP contribution in [0.5, 0.6) is 0 Å². The molecule has 2 nitrogen and oxygen atoms in total. The van der Waals surface area contributed by atoms with Crippen LogP contribution in [-0.4, -0.2) is 0 Å². The molecule has 1 fully saturated rings. The Bertz CT molecular complexity index is 939. The lowest BCUT2D eigenvalue weighted by atomic mass is 9.65. The first-order valence-electron chi connectivity index (χ1n) is 7.80. The van der Waals surface area contributed by atoms with Crippen LogP contribution in [0.25, 0.3) is 0 Å². The van der Waals surface area contributed by atoms with Crippen LogP contribution in [0.15, 0.2) is 24.3 Å². The fraction of sp³-hybridized carbons (Fsp3) is 0.263. The summed E-state index contributed by atoms with van der Waals surface area (Å²) in [6.07, 6.45) is 1.56. The zero-order valence-corrected chi connectivity index (χ0v) is 13.8. The van der Waals surface area contributed by atoms with Gasteiger partial charge in [0.25, 0.3) is 0 Å². The molecule has 1 saturated carbocycles. The minimum absolute atomic E-state index is 0.0184. The van der Waals surface area contributed by atoms with E-state index >= 15 is 0 Å². The van der Waals surface area contributed by atoms with E-state index in [0.717, 1.165) is 12.5 Å². The van der Waals surface area contributed by atoms with Gasteiger partial charge in [0.05, 0.1) is 24.0 Å². The molecule has 0 aliphatic heterocycles. The van der Waals surface area contributed by atoms with Crippen molar-refractivity contribution in [1.82, 2.24) is 0 Å². The Hall–Kier alpha value is -3.00. The van der Waals surface area contributed by atoms with Crippen molar-refractivity contribution in [2.45, 2.75) is 31.1 Å². The Labute approximate surface area is 151 Å². The van der Waals surface area contributed by atoms with Crippen LogP contribution in [0.1, 0.15) is 30.4 Å². The largest absolute Gasteiger partial charge is 0.207 e. The van der Waals surface area contributed by atoms with Gasteiger partial charge in [-0.25, -0.2) is 26.3 Å². The molecular formula is C19H12F6N2. The van der Waals surface area contributed by atoms with E-state index in [-0.39, 0.29) is 17.5 Å². The van der Waals surface area contributed by atoms with E-state index in [9.17, 15) is 26.3 Å². The summed E-state index contributed by atoms with van der Waals surface area (Å²) < 4.78 is 76.4. The maximum Gasteiger partial charge on any atom is 0.161 e. The van der Waals surface area contributed by atoms with Crippen molar-refractivity contribution in [1.29, 1.82) is 10.5 Å². The highest BCUT2D eigenvalue weighted by molar-refractivity contribution is 5.37. The second kappa shape index (κ2) is 8.13. The van der Waals surface area contributed by atoms with E-state index in [4.69, 9.17) is 10.5 Å². The molecule has 0 spiro atoms. The van der Waals surface area contributed by atoms with Crippen molar-refractivity contribution in [3.05, 3.63) is 70.3 Å². The monoisotopic (exact) mass is 382 g/mol. The molecular weight excluding hydrogens is 370 g/mol. The van der Waals surface area contributed by atoms with Crippen molar-refractivity contribution in [3.63, 3.8) is 0 Å². The highest BCUT2D eigenvalue weighted by Crippen LogP contribution is 2.44. The predicted octanol–water partition coefficient (Wildman–Crippen LogP) is 5.22. The minimum atomic E-state index is -1.24. The number of hydrogen-bond acceptors (Lipinski definition) is 2. The van der Waals surface area contributed by atoms with Crippen LogP contribution >= 0.6 is 0 Å². The first-order chi connectivity index (χ1) is 12.7. The molecule has 3 rings (SSSR count). The molecule has 1 aliphatic carbocycles. The van der Waals surface area contributed by atoms with Gasteiger partial charge in [0.1, 0.15) is 11.6 Å². The quantitative estimate of drug-likeness (QED) is 0.528. The van der Waals surface area contributed by atoms with Gasteiger partial charge in [-0.15, -0.1) is 0 Å². The van der Waals surface area contributed by atoms with E-state index < -0.39 is 40.3 Å². The molecule has 0 radical (unpaired) electrons. The Morgan fingerprint density at radius 2 is 1.26 bits per heavy atom. The van der Waals surface area contributed by atoms with E-state index in [0.29, 0.717) is 31.0 Å². The van der Waals surface area contributed by atoms with Crippen LogP contribution in [0.2, 0.25) is 0 Å². The maximum atomic E-state index is 13.4. The lowest BCUT2D eigenvalue weighted by molar-refractivity contribution is 0.310. The smallest absolute Gasteiger partial charge is 0.161 e. The molecule has 0 atom stereocenters. The van der Waals surface area contributed by atoms with E-state index in [1.807, 2.05) is 6.07 Å². The van der Waals surface area contributed by atoms with Crippen LogP contribution in [0.4, 0.5) is 26.3 Å². The summed E-state index contributed by atoms with van der Waals surface area (Å²) in [5.74, 6) is -6.43. The van der Waals surface area contributed by atoms with Gasteiger partial charge in [-0.2, -0.15) is 10.5 Å². The summed E-state index contributed by atoms with van der Waals surface area (Å²) >= 11 is 0. The fourth-order valence-corrected chi connectivity index (χ4v) is 2.65. The molecule has 0 aromatic heterocycles. The van der Waals surface area contributed by atoms with Gasteiger partial charge in [-0.1, -0.05) is 0 Å². The van der Waals surface area contributed by atoms with Crippen molar-refractivity contribution in [2.24, 2.45) is 0 Å². The Morgan fingerprint density at radius 1 is 0.741 bits per heavy atom. The third-order valence-corrected chi connectivity index (χ3v) is 4.31. The van der Waals surface area contributed by atoms with Crippen molar-refractivity contribution < 1.29 is 26.3 Å². The number of hydrogen-bond donors (Lipinski definition) is 0. The number of nitriles is 2. The predicted molar refractivity (Wildman–Crippen MR) is 83.1 cm³/mol. The van der Waals surface area contributed by atoms with E-state index in [1.165, 1.54) is 0 Å². The average molecular weight is 382 g/mol. The molecule has 0 amide bonds. The van der Waals surface area contributed by atoms with Gasteiger partial charge >= 0.3 is 0 Å². The lowest BCUT2D eigenvalue weighted by Gasteiger charge is -2.35. The Balaban J connectivity index is 0.000000199. The molecule has 8 heteroatoms. The van der Waals surface area contributed by atoms with Crippen molar-refractivity contribution in [3.8, 4) is 12.1 Å². The van der Waals surface area contributed by atoms with Gasteiger partial charge in [-0.05, 0) is 31.4 Å². The zero-order valence-electron chi connectivity index (χ0n) is 13.8. The normalized spacial score (nSPS) is 14.2. The Morgan fingerprint density at radius 3 is 1.74 bits per heavy atom. The first kappa shape index (κ1) is 20.3. The summed E-state index contributed by atoms with van der Waals surface area (Å²) in [5, 5.41) is 17.1. The topological polar surface area (TPSA) is 47.6 Å². The summed E-state index contributed by atoms with van der Waals surface area (Å²) in [6, 6.07) is 6.05. The zero-order chi connectivity index (χ0) is 20.2. The number of halogens is 6. The van der Waals surface area contributed by atoms with E-state index in [2.05, 4.69) is 0 Å². The van der Waals surface area contributed by atoms with Crippen LogP contribution in [0, 0.1) is 57.6 Å². The molecule has 0 saturated heterocycles. The second-order valence-corrected chi connectivity index (χ2v) is 5.99. The summed E-state index contributed by atoms with van der Waals surface area (Å²) in [4.78, 5) is 0. The Kier molecular flexibility index (Phi) is 6.12. The molecule has 0 bridgehead atoms. The number of rotatable bonds is 2. The average Bonchev–Trinajstić information content (AvgIpc) is 2.57. The molecule has 0 unspecified atom stereocenters. The van der Waals surface area contributed by atoms with Crippen molar-refractivity contribution in [2.75, 3.05) is 0 Å². The van der Waals surface area contributed by atoms with Crippen LogP contribution in [0.3, 0.4) is 0 Å². The number of benzene rings is 2. The molecule has 0 heterocycles. The summed E-state index contributed by atoms with van der Waals surface area (Å²) in [7, 11) is 0. The van der Waals surface area contributed by atoms with Gasteiger partial charge in [0, 0.05) is 23.3 Å². The molecule has 2 aromatic rings. The van der Waals surface area contributed by atoms with Gasteiger partial charge < -0.3 is 0 Å². The van der Waals surface area contributed by atoms with Crippen LogP contribution in [-0.2, 0) is 11.8 Å². The highest BCUT2D eigenvalue weighted by Gasteiger charge is 2.41. The summed E-state index contributed by atoms with van der Waals surface area (Å²) in [5.41, 5.74) is -1.09. The van der Waals surface area contributed by atoms with Crippen LogP contribution < -0.4 is 0 Å². The van der Waals surface area contributed by atoms with Crippen molar-refractivity contribution >= 4 is 0 Å². The third-order valence-electron chi connectivity index (χ3n) is 4.31. The standard InChI is InChI=1S/C11H8F3N.C8H4F3N/c12-8-5-10(14)9(13)4-7(8)11(6-15)2-1-3-11;9-6-4-8(11)7(10)3-5(6)1-2-12/h4-5H,1-3H2;3-4H,1H2.